The zero-order valence-corrected chi connectivity index (χ0v) is 17.9. The van der Waals surface area contributed by atoms with Crippen LogP contribution in [0.15, 0.2) is 40.5 Å². The third-order valence-electron chi connectivity index (χ3n) is 5.74. The molecule has 1 aromatic carbocycles. The second kappa shape index (κ2) is 8.76. The number of ether oxygens (including phenoxy) is 1. The predicted molar refractivity (Wildman–Crippen MR) is 113 cm³/mol. The molecule has 0 aliphatic carbocycles. The van der Waals surface area contributed by atoms with Gasteiger partial charge in [0.1, 0.15) is 35.5 Å². The number of hydrogen-bond acceptors (Lipinski definition) is 7. The van der Waals surface area contributed by atoms with Crippen molar-refractivity contribution in [2.75, 3.05) is 33.5 Å². The predicted octanol–water partition coefficient (Wildman–Crippen LogP) is 2.69. The Labute approximate surface area is 186 Å². The summed E-state index contributed by atoms with van der Waals surface area (Å²) in [5.41, 5.74) is -2.16. The molecule has 0 radical (unpaired) electrons. The van der Waals surface area contributed by atoms with Crippen LogP contribution in [0, 0.1) is 56.2 Å². The summed E-state index contributed by atoms with van der Waals surface area (Å²) in [6, 6.07) is 15.5. The van der Waals surface area contributed by atoms with Gasteiger partial charge in [0.15, 0.2) is 5.57 Å². The molecule has 0 saturated carbocycles. The van der Waals surface area contributed by atoms with Gasteiger partial charge in [0.25, 0.3) is 0 Å². The molecular weight excluding hydrogens is 414 g/mol. The second-order valence-corrected chi connectivity index (χ2v) is 7.93. The number of halogens is 1. The first kappa shape index (κ1) is 22.3. The molecule has 2 fully saturated rings. The van der Waals surface area contributed by atoms with Crippen LogP contribution in [0.1, 0.15) is 18.4 Å². The van der Waals surface area contributed by atoms with E-state index in [9.17, 15) is 21.0 Å². The van der Waals surface area contributed by atoms with Gasteiger partial charge in [0, 0.05) is 30.6 Å². The summed E-state index contributed by atoms with van der Waals surface area (Å²) >= 11 is 6.55. The highest BCUT2D eigenvalue weighted by atomic mass is 35.5. The number of allylic oxidation sites excluding steroid dienone is 1. The van der Waals surface area contributed by atoms with Crippen molar-refractivity contribution in [3.05, 3.63) is 46.1 Å². The number of nitriles is 4. The maximum absolute atomic E-state index is 10.5. The Bertz CT molecular complexity index is 1100. The van der Waals surface area contributed by atoms with Crippen molar-refractivity contribution in [3.8, 4) is 24.3 Å². The van der Waals surface area contributed by atoms with Gasteiger partial charge in [-0.2, -0.15) is 21.0 Å². The molecule has 3 atom stereocenters. The summed E-state index contributed by atoms with van der Waals surface area (Å²) in [5, 5.41) is 43.6. The lowest BCUT2D eigenvalue weighted by Gasteiger charge is -2.56. The lowest BCUT2D eigenvalue weighted by Crippen LogP contribution is -2.67. The van der Waals surface area contributed by atoms with E-state index < -0.39 is 16.7 Å². The van der Waals surface area contributed by atoms with Crippen molar-refractivity contribution in [3.63, 3.8) is 0 Å². The van der Waals surface area contributed by atoms with Gasteiger partial charge >= 0.3 is 0 Å². The van der Waals surface area contributed by atoms with Crippen LogP contribution in [0.4, 0.5) is 0 Å². The minimum Gasteiger partial charge on any atom is -0.360 e. The van der Waals surface area contributed by atoms with Crippen LogP contribution in [0.2, 0.25) is 5.02 Å². The molecule has 3 unspecified atom stereocenters. The van der Waals surface area contributed by atoms with Crippen LogP contribution in [0.5, 0.6) is 0 Å². The molecule has 8 nitrogen and oxygen atoms in total. The molecule has 156 valence electrons. The van der Waals surface area contributed by atoms with E-state index >= 15 is 0 Å². The zero-order chi connectivity index (χ0) is 22.6. The van der Waals surface area contributed by atoms with E-state index in [1.807, 2.05) is 24.0 Å². The molecule has 2 heterocycles. The lowest BCUT2D eigenvalue weighted by atomic mass is 9.52. The van der Waals surface area contributed by atoms with E-state index in [2.05, 4.69) is 22.4 Å². The second-order valence-electron chi connectivity index (χ2n) is 7.52. The summed E-state index contributed by atoms with van der Waals surface area (Å²) < 4.78 is 5.37. The standard InChI is InChI=1S/C22H20ClN7O/c1-3-31-14-28-20-22(11-27)13-30(2)12-21(10-26,19(29-20)15(8-24)9-25)18(22)16-6-4-5-7-17(16)23/h4-7,18H,3,12-14H2,1-2H3,(H,28,29). The lowest BCUT2D eigenvalue weighted by molar-refractivity contribution is 0.0766. The first-order valence-corrected chi connectivity index (χ1v) is 10.0. The van der Waals surface area contributed by atoms with E-state index in [0.29, 0.717) is 17.2 Å². The summed E-state index contributed by atoms with van der Waals surface area (Å²) in [4.78, 5) is 6.32. The number of aliphatic imine (C=N–C) groups is 1. The van der Waals surface area contributed by atoms with Crippen molar-refractivity contribution >= 4 is 17.4 Å². The van der Waals surface area contributed by atoms with E-state index in [1.54, 1.807) is 31.3 Å². The quantitative estimate of drug-likeness (QED) is 0.570. The summed E-state index contributed by atoms with van der Waals surface area (Å²) in [6.07, 6.45) is 0. The minimum atomic E-state index is -1.39. The summed E-state index contributed by atoms with van der Waals surface area (Å²) in [7, 11) is 1.79. The highest BCUT2D eigenvalue weighted by molar-refractivity contribution is 6.31. The summed E-state index contributed by atoms with van der Waals surface area (Å²) in [5.74, 6) is -0.503. The van der Waals surface area contributed by atoms with E-state index in [0.717, 1.165) is 0 Å². The van der Waals surface area contributed by atoms with E-state index in [-0.39, 0.29) is 36.9 Å². The normalized spacial score (nSPS) is 28.5. The number of nitrogens with one attached hydrogen (secondary N) is 1. The van der Waals surface area contributed by atoms with Gasteiger partial charge in [-0.05, 0) is 25.6 Å². The average molecular weight is 434 g/mol. The number of amidine groups is 1. The molecule has 3 rings (SSSR count). The van der Waals surface area contributed by atoms with Gasteiger partial charge in [-0.3, -0.25) is 0 Å². The average Bonchev–Trinajstić information content (AvgIpc) is 2.77. The number of fused-ring (bicyclic) bond motifs is 2. The fraction of sp³-hybridized carbons (Fsp3) is 0.409. The van der Waals surface area contributed by atoms with Crippen LogP contribution in [-0.4, -0.2) is 44.2 Å². The molecular formula is C22H20ClN7O. The largest absolute Gasteiger partial charge is 0.360 e. The van der Waals surface area contributed by atoms with Crippen molar-refractivity contribution in [1.29, 1.82) is 21.0 Å². The van der Waals surface area contributed by atoms with Gasteiger partial charge < -0.3 is 15.0 Å². The molecule has 0 spiro atoms. The van der Waals surface area contributed by atoms with Gasteiger partial charge in [-0.1, -0.05) is 29.8 Å². The molecule has 0 aromatic heterocycles. The molecule has 2 aliphatic heterocycles. The van der Waals surface area contributed by atoms with Crippen molar-refractivity contribution in [2.24, 2.45) is 15.8 Å². The number of nitrogens with zero attached hydrogens (tertiary/aromatic N) is 6. The topological polar surface area (TPSA) is 132 Å². The Morgan fingerprint density at radius 3 is 2.42 bits per heavy atom. The van der Waals surface area contributed by atoms with Crippen LogP contribution < -0.4 is 5.32 Å². The molecule has 2 saturated heterocycles. The van der Waals surface area contributed by atoms with Crippen LogP contribution in [-0.2, 0) is 4.74 Å². The van der Waals surface area contributed by atoms with Gasteiger partial charge in [-0.25, -0.2) is 4.99 Å². The van der Waals surface area contributed by atoms with Crippen LogP contribution in [0.3, 0.4) is 0 Å². The van der Waals surface area contributed by atoms with Crippen molar-refractivity contribution in [1.82, 2.24) is 10.2 Å². The zero-order valence-electron chi connectivity index (χ0n) is 17.2. The van der Waals surface area contributed by atoms with Gasteiger partial charge in [0.05, 0.1) is 17.8 Å². The summed E-state index contributed by atoms with van der Waals surface area (Å²) in [6.45, 7) is 2.73. The Morgan fingerprint density at radius 2 is 1.84 bits per heavy atom. The number of rotatable bonds is 4. The number of piperidine rings is 2. The van der Waals surface area contributed by atoms with Crippen molar-refractivity contribution < 1.29 is 4.74 Å². The highest BCUT2D eigenvalue weighted by Crippen LogP contribution is 2.59. The smallest absolute Gasteiger partial charge is 0.150 e. The van der Waals surface area contributed by atoms with E-state index in [1.165, 1.54) is 0 Å². The van der Waals surface area contributed by atoms with Crippen LogP contribution in [0.25, 0.3) is 0 Å². The SMILES string of the molecule is CCOC/N=C1/NC(=C(C#N)C#N)C2(C#N)CN(C)CC1(C#N)C2c1ccccc1Cl. The van der Waals surface area contributed by atoms with Crippen LogP contribution >= 0.6 is 11.6 Å². The molecule has 31 heavy (non-hydrogen) atoms. The molecule has 1 aromatic rings. The first-order valence-electron chi connectivity index (χ1n) is 9.64. The minimum absolute atomic E-state index is 0.0114. The molecule has 1 N–H and O–H groups in total. The number of likely N-dealkylation sites (tertiary alicyclic amines) is 1. The highest BCUT2D eigenvalue weighted by Gasteiger charge is 2.65. The fourth-order valence-corrected chi connectivity index (χ4v) is 4.89. The molecule has 9 heteroatoms. The number of benzene rings is 1. The van der Waals surface area contributed by atoms with Gasteiger partial charge in [0.2, 0.25) is 0 Å². The Hall–Kier alpha value is -3.40. The maximum atomic E-state index is 10.5. The van der Waals surface area contributed by atoms with Crippen molar-refractivity contribution in [2.45, 2.75) is 12.8 Å². The Balaban J connectivity index is 2.44. The van der Waals surface area contributed by atoms with Gasteiger partial charge in [-0.15, -0.1) is 0 Å². The molecule has 2 bridgehead atoms. The molecule has 0 amide bonds. The van der Waals surface area contributed by atoms with E-state index in [4.69, 9.17) is 16.3 Å². The Kier molecular flexibility index (Phi) is 6.30. The monoisotopic (exact) mass is 433 g/mol. The number of hydrogen-bond donors (Lipinski definition) is 1. The third kappa shape index (κ3) is 3.42. The fourth-order valence-electron chi connectivity index (χ4n) is 4.64. The first-order chi connectivity index (χ1) is 14.9. The molecule has 2 aliphatic rings. The third-order valence-corrected chi connectivity index (χ3v) is 6.09. The Morgan fingerprint density at radius 1 is 1.19 bits per heavy atom. The maximum Gasteiger partial charge on any atom is 0.150 e.